The van der Waals surface area contributed by atoms with E-state index in [2.05, 4.69) is 13.8 Å². The zero-order chi connectivity index (χ0) is 15.5. The van der Waals surface area contributed by atoms with Crippen LogP contribution < -0.4 is 4.74 Å². The number of hydrogen-bond acceptors (Lipinski definition) is 3. The summed E-state index contributed by atoms with van der Waals surface area (Å²) in [6.07, 6.45) is 4.42. The molecular weight excluding hydrogens is 266 g/mol. The molecule has 4 heteroatoms. The minimum Gasteiger partial charge on any atom is -0.507 e. The number of methoxy groups -OCH3 is 1. The van der Waals surface area contributed by atoms with Crippen molar-refractivity contribution in [2.24, 2.45) is 5.41 Å². The van der Waals surface area contributed by atoms with E-state index in [0.29, 0.717) is 16.7 Å². The third kappa shape index (κ3) is 3.14. The first-order chi connectivity index (χ1) is 10.0. The second-order valence-electron chi connectivity index (χ2n) is 5.88. The van der Waals surface area contributed by atoms with Crippen molar-refractivity contribution in [2.45, 2.75) is 39.5 Å². The van der Waals surface area contributed by atoms with Gasteiger partial charge in [-0.25, -0.2) is 0 Å². The number of phenols is 1. The van der Waals surface area contributed by atoms with Crippen LogP contribution >= 0.6 is 0 Å². The van der Waals surface area contributed by atoms with Gasteiger partial charge < -0.3 is 14.7 Å². The van der Waals surface area contributed by atoms with Crippen molar-refractivity contribution < 1.29 is 14.6 Å². The van der Waals surface area contributed by atoms with Gasteiger partial charge in [0.05, 0.1) is 12.7 Å². The fourth-order valence-electron chi connectivity index (χ4n) is 3.13. The van der Waals surface area contributed by atoms with Gasteiger partial charge in [0.25, 0.3) is 5.91 Å². The summed E-state index contributed by atoms with van der Waals surface area (Å²) in [5, 5.41) is 9.99. The second kappa shape index (κ2) is 6.37. The quantitative estimate of drug-likeness (QED) is 0.924. The van der Waals surface area contributed by atoms with Crippen molar-refractivity contribution >= 4 is 5.91 Å². The van der Waals surface area contributed by atoms with Crippen LogP contribution in [0, 0.1) is 5.41 Å². The van der Waals surface area contributed by atoms with Gasteiger partial charge in [-0.2, -0.15) is 0 Å². The molecular formula is C17H25NO3. The zero-order valence-corrected chi connectivity index (χ0v) is 13.2. The van der Waals surface area contributed by atoms with Gasteiger partial charge >= 0.3 is 0 Å². The minimum atomic E-state index is -0.0871. The lowest BCUT2D eigenvalue weighted by atomic mass is 9.74. The maximum absolute atomic E-state index is 12.5. The molecule has 1 aromatic carbocycles. The number of benzene rings is 1. The summed E-state index contributed by atoms with van der Waals surface area (Å²) in [4.78, 5) is 14.4. The van der Waals surface area contributed by atoms with Crippen molar-refractivity contribution in [3.05, 3.63) is 23.8 Å². The highest BCUT2D eigenvalue weighted by molar-refractivity contribution is 5.97. The van der Waals surface area contributed by atoms with Gasteiger partial charge in [-0.3, -0.25) is 4.79 Å². The third-order valence-corrected chi connectivity index (χ3v) is 5.05. The van der Waals surface area contributed by atoms with Gasteiger partial charge in [0.2, 0.25) is 0 Å². The Kier molecular flexibility index (Phi) is 4.76. The number of ether oxygens (including phenoxy) is 1. The lowest BCUT2D eigenvalue weighted by molar-refractivity contribution is 0.0555. The minimum absolute atomic E-state index is 0.0119. The summed E-state index contributed by atoms with van der Waals surface area (Å²) in [6.45, 7) is 6.00. The molecule has 0 bridgehead atoms. The van der Waals surface area contributed by atoms with Crippen molar-refractivity contribution in [3.8, 4) is 11.5 Å². The number of likely N-dealkylation sites (tertiary alicyclic amines) is 1. The molecule has 2 rings (SSSR count). The number of rotatable bonds is 4. The van der Waals surface area contributed by atoms with E-state index in [1.54, 1.807) is 12.1 Å². The predicted molar refractivity (Wildman–Crippen MR) is 82.8 cm³/mol. The molecule has 21 heavy (non-hydrogen) atoms. The van der Waals surface area contributed by atoms with Crippen LogP contribution in [-0.4, -0.2) is 36.1 Å². The van der Waals surface area contributed by atoms with Crippen LogP contribution in [0.5, 0.6) is 11.5 Å². The van der Waals surface area contributed by atoms with Gasteiger partial charge in [0, 0.05) is 19.2 Å². The van der Waals surface area contributed by atoms with Crippen molar-refractivity contribution in [1.82, 2.24) is 4.90 Å². The van der Waals surface area contributed by atoms with E-state index in [1.165, 1.54) is 26.0 Å². The van der Waals surface area contributed by atoms with E-state index in [-0.39, 0.29) is 11.7 Å². The van der Waals surface area contributed by atoms with E-state index in [1.807, 2.05) is 4.90 Å². The molecule has 0 aromatic heterocycles. The number of hydrogen-bond donors (Lipinski definition) is 1. The van der Waals surface area contributed by atoms with Crippen LogP contribution in [0.4, 0.5) is 0 Å². The molecule has 0 saturated carbocycles. The van der Waals surface area contributed by atoms with Crippen molar-refractivity contribution in [3.63, 3.8) is 0 Å². The first kappa shape index (κ1) is 15.7. The highest BCUT2D eigenvalue weighted by Crippen LogP contribution is 2.38. The molecule has 0 atom stereocenters. The van der Waals surface area contributed by atoms with E-state index < -0.39 is 0 Å². The number of nitrogens with zero attached hydrogens (tertiary/aromatic N) is 1. The standard InChI is InChI=1S/C17H25NO3/c1-4-17(5-2)8-10-18(11-9-17)16(20)14-7-6-13(21-3)12-15(14)19/h6-7,12,19H,4-5,8-11H2,1-3H3. The van der Waals surface area contributed by atoms with Crippen LogP contribution in [0.1, 0.15) is 49.9 Å². The molecule has 1 amide bonds. The predicted octanol–water partition coefficient (Wildman–Crippen LogP) is 3.44. The topological polar surface area (TPSA) is 49.8 Å². The maximum Gasteiger partial charge on any atom is 0.257 e. The van der Waals surface area contributed by atoms with Crippen LogP contribution in [0.25, 0.3) is 0 Å². The molecule has 0 spiro atoms. The summed E-state index contributed by atoms with van der Waals surface area (Å²) >= 11 is 0. The van der Waals surface area contributed by atoms with Crippen molar-refractivity contribution in [2.75, 3.05) is 20.2 Å². The summed E-state index contributed by atoms with van der Waals surface area (Å²) in [5.41, 5.74) is 0.745. The van der Waals surface area contributed by atoms with Crippen LogP contribution in [-0.2, 0) is 0 Å². The summed E-state index contributed by atoms with van der Waals surface area (Å²) < 4.78 is 5.05. The van der Waals surface area contributed by atoms with Crippen molar-refractivity contribution in [1.29, 1.82) is 0 Å². The Bertz CT molecular complexity index is 499. The molecule has 116 valence electrons. The molecule has 1 N–H and O–H groups in total. The lowest BCUT2D eigenvalue weighted by Crippen LogP contribution is -2.42. The Morgan fingerprint density at radius 1 is 1.29 bits per heavy atom. The number of amides is 1. The van der Waals surface area contributed by atoms with Gasteiger partial charge in [-0.05, 0) is 30.4 Å². The Labute approximate surface area is 126 Å². The molecule has 1 saturated heterocycles. The summed E-state index contributed by atoms with van der Waals surface area (Å²) in [7, 11) is 1.54. The number of piperidine rings is 1. The SMILES string of the molecule is CCC1(CC)CCN(C(=O)c2ccc(OC)cc2O)CC1. The second-order valence-corrected chi connectivity index (χ2v) is 5.88. The number of aromatic hydroxyl groups is 1. The van der Waals surface area contributed by atoms with Crippen LogP contribution in [0.2, 0.25) is 0 Å². The first-order valence-corrected chi connectivity index (χ1v) is 7.71. The van der Waals surface area contributed by atoms with E-state index in [9.17, 15) is 9.90 Å². The third-order valence-electron chi connectivity index (χ3n) is 5.05. The van der Waals surface area contributed by atoms with E-state index in [4.69, 9.17) is 4.74 Å². The Morgan fingerprint density at radius 3 is 2.38 bits per heavy atom. The number of carbonyl (C=O) groups excluding carboxylic acids is 1. The van der Waals surface area contributed by atoms with E-state index in [0.717, 1.165) is 25.9 Å². The summed E-state index contributed by atoms with van der Waals surface area (Å²) in [6, 6.07) is 4.83. The Hall–Kier alpha value is -1.71. The molecule has 1 fully saturated rings. The van der Waals surface area contributed by atoms with Gasteiger partial charge in [-0.15, -0.1) is 0 Å². The molecule has 1 aliphatic rings. The number of carbonyl (C=O) groups is 1. The average molecular weight is 291 g/mol. The van der Waals surface area contributed by atoms with Gasteiger partial charge in [-0.1, -0.05) is 26.7 Å². The Balaban J connectivity index is 2.08. The highest BCUT2D eigenvalue weighted by Gasteiger charge is 2.33. The number of phenolic OH excluding ortho intramolecular Hbond substituents is 1. The van der Waals surface area contributed by atoms with Crippen LogP contribution in [0.3, 0.4) is 0 Å². The van der Waals surface area contributed by atoms with Crippen LogP contribution in [0.15, 0.2) is 18.2 Å². The molecule has 0 aliphatic carbocycles. The van der Waals surface area contributed by atoms with Gasteiger partial charge in [0.1, 0.15) is 11.5 Å². The Morgan fingerprint density at radius 2 is 1.90 bits per heavy atom. The molecule has 4 nitrogen and oxygen atoms in total. The average Bonchev–Trinajstić information content (AvgIpc) is 2.54. The normalized spacial score (nSPS) is 17.6. The zero-order valence-electron chi connectivity index (χ0n) is 13.2. The monoisotopic (exact) mass is 291 g/mol. The lowest BCUT2D eigenvalue weighted by Gasteiger charge is -2.41. The molecule has 1 aliphatic heterocycles. The molecule has 1 heterocycles. The molecule has 0 radical (unpaired) electrons. The molecule has 0 unspecified atom stereocenters. The van der Waals surface area contributed by atoms with E-state index >= 15 is 0 Å². The summed E-state index contributed by atoms with van der Waals surface area (Å²) in [5.74, 6) is 0.455. The van der Waals surface area contributed by atoms with Gasteiger partial charge in [0.15, 0.2) is 0 Å². The smallest absolute Gasteiger partial charge is 0.257 e. The fraction of sp³-hybridized carbons (Fsp3) is 0.588. The highest BCUT2D eigenvalue weighted by atomic mass is 16.5. The maximum atomic E-state index is 12.5. The fourth-order valence-corrected chi connectivity index (χ4v) is 3.13. The largest absolute Gasteiger partial charge is 0.507 e. The first-order valence-electron chi connectivity index (χ1n) is 7.71. The molecule has 1 aromatic rings.